The summed E-state index contributed by atoms with van der Waals surface area (Å²) in [6.45, 7) is -0.0732. The number of hydrogen-bond donors (Lipinski definition) is 1. The monoisotopic (exact) mass is 176 g/mol. The van der Waals surface area contributed by atoms with Crippen LogP contribution in [0, 0.1) is 0 Å². The first-order valence-corrected chi connectivity index (χ1v) is 3.00. The lowest BCUT2D eigenvalue weighted by Gasteiger charge is -2.08. The maximum Gasteiger partial charge on any atom is 0.343 e. The number of carbonyl (C=O) groups excluding carboxylic acids is 2. The lowest BCUT2D eigenvalue weighted by atomic mass is 10.2. The molecule has 1 N–H and O–H groups in total. The van der Waals surface area contributed by atoms with E-state index < -0.39 is 24.5 Å². The van der Waals surface area contributed by atoms with Crippen LogP contribution in [0.15, 0.2) is 0 Å². The van der Waals surface area contributed by atoms with Crippen molar-refractivity contribution in [3.63, 3.8) is 0 Å². The minimum atomic E-state index is -1.23. The second-order valence-electron chi connectivity index (χ2n) is 1.86. The number of aliphatic carboxylic acids is 1. The molecule has 68 valence electrons. The van der Waals surface area contributed by atoms with Crippen LogP contribution < -0.4 is 0 Å². The largest absolute Gasteiger partial charge is 0.481 e. The molecule has 0 spiro atoms. The van der Waals surface area contributed by atoms with Crippen molar-refractivity contribution < 1.29 is 29.0 Å². The number of carbonyl (C=O) groups is 3. The van der Waals surface area contributed by atoms with E-state index in [2.05, 4.69) is 9.47 Å². The Morgan fingerprint density at radius 2 is 2.17 bits per heavy atom. The molecule has 0 aromatic heterocycles. The van der Waals surface area contributed by atoms with Crippen molar-refractivity contribution in [3.8, 4) is 0 Å². The molecule has 0 fully saturated rings. The van der Waals surface area contributed by atoms with Crippen LogP contribution in [0.4, 0.5) is 0 Å². The summed E-state index contributed by atoms with van der Waals surface area (Å²) in [4.78, 5) is 30.4. The van der Waals surface area contributed by atoms with Crippen LogP contribution in [0.25, 0.3) is 0 Å². The Labute approximate surface area is 68.1 Å². The lowest BCUT2D eigenvalue weighted by Crippen LogP contribution is -2.27. The van der Waals surface area contributed by atoms with Gasteiger partial charge in [-0.1, -0.05) is 0 Å². The third-order valence-electron chi connectivity index (χ3n) is 1.07. The maximum atomic E-state index is 10.7. The number of carboxylic acids is 1. The average molecular weight is 176 g/mol. The van der Waals surface area contributed by atoms with Gasteiger partial charge in [-0.2, -0.15) is 0 Å². The van der Waals surface area contributed by atoms with Gasteiger partial charge in [-0.3, -0.25) is 9.59 Å². The number of hydrogen-bond acceptors (Lipinski definition) is 5. The van der Waals surface area contributed by atoms with Crippen LogP contribution in [0.5, 0.6) is 0 Å². The molecule has 6 heteroatoms. The van der Waals surface area contributed by atoms with Crippen molar-refractivity contribution in [2.24, 2.45) is 0 Å². The van der Waals surface area contributed by atoms with E-state index in [4.69, 9.17) is 5.11 Å². The summed E-state index contributed by atoms with van der Waals surface area (Å²) < 4.78 is 8.35. The molecule has 0 aromatic rings. The smallest absolute Gasteiger partial charge is 0.343 e. The van der Waals surface area contributed by atoms with Crippen molar-refractivity contribution >= 4 is 18.4 Å². The first-order chi connectivity index (χ1) is 5.61. The van der Waals surface area contributed by atoms with Gasteiger partial charge in [0.15, 0.2) is 6.10 Å². The van der Waals surface area contributed by atoms with Crippen molar-refractivity contribution in [1.82, 2.24) is 0 Å². The molecular formula is C6H8O6. The van der Waals surface area contributed by atoms with Crippen molar-refractivity contribution in [3.05, 3.63) is 0 Å². The zero-order valence-electron chi connectivity index (χ0n) is 6.35. The fourth-order valence-corrected chi connectivity index (χ4v) is 0.545. The van der Waals surface area contributed by atoms with Crippen molar-refractivity contribution in [1.29, 1.82) is 0 Å². The van der Waals surface area contributed by atoms with E-state index >= 15 is 0 Å². The van der Waals surface area contributed by atoms with E-state index in [0.717, 1.165) is 7.11 Å². The average Bonchev–Trinajstić information content (AvgIpc) is 2.00. The molecule has 0 saturated heterocycles. The van der Waals surface area contributed by atoms with Gasteiger partial charge < -0.3 is 14.6 Å². The molecule has 12 heavy (non-hydrogen) atoms. The Morgan fingerprint density at radius 3 is 2.50 bits per heavy atom. The number of ether oxygens (including phenoxy) is 2. The Kier molecular flexibility index (Phi) is 4.62. The third-order valence-corrected chi connectivity index (χ3v) is 1.07. The van der Waals surface area contributed by atoms with Crippen LogP contribution in [0.1, 0.15) is 6.42 Å². The second-order valence-corrected chi connectivity index (χ2v) is 1.86. The standard InChI is InChI=1S/C6H8O6/c1-11-4(2-5(8)9)6(10)12-3-7/h3-4H,2H2,1H3,(H,8,9). The summed E-state index contributed by atoms with van der Waals surface area (Å²) in [5.41, 5.74) is 0. The van der Waals surface area contributed by atoms with Gasteiger partial charge in [-0.05, 0) is 0 Å². The van der Waals surface area contributed by atoms with Crippen molar-refractivity contribution in [2.75, 3.05) is 7.11 Å². The molecule has 1 atom stereocenters. The van der Waals surface area contributed by atoms with E-state index in [1.807, 2.05) is 0 Å². The van der Waals surface area contributed by atoms with Gasteiger partial charge in [-0.25, -0.2) is 4.79 Å². The number of esters is 1. The van der Waals surface area contributed by atoms with E-state index in [1.54, 1.807) is 0 Å². The highest BCUT2D eigenvalue weighted by molar-refractivity contribution is 5.84. The van der Waals surface area contributed by atoms with Gasteiger partial charge in [0.2, 0.25) is 0 Å². The summed E-state index contributed by atoms with van der Waals surface area (Å²) >= 11 is 0. The SMILES string of the molecule is COC(CC(=O)O)C(=O)OC=O. The van der Waals surface area contributed by atoms with Crippen molar-refractivity contribution in [2.45, 2.75) is 12.5 Å². The zero-order chi connectivity index (χ0) is 9.56. The molecule has 0 aliphatic heterocycles. The van der Waals surface area contributed by atoms with Gasteiger partial charge in [0, 0.05) is 7.11 Å². The third kappa shape index (κ3) is 3.67. The van der Waals surface area contributed by atoms with Crippen LogP contribution in [-0.2, 0) is 23.9 Å². The molecule has 0 rings (SSSR count). The van der Waals surface area contributed by atoms with E-state index in [9.17, 15) is 14.4 Å². The first kappa shape index (κ1) is 10.6. The summed E-state index contributed by atoms with van der Waals surface area (Å²) in [5, 5.41) is 8.26. The fourth-order valence-electron chi connectivity index (χ4n) is 0.545. The van der Waals surface area contributed by atoms with Gasteiger partial charge in [-0.15, -0.1) is 0 Å². The predicted octanol–water partition coefficient (Wildman–Crippen LogP) is -0.824. The summed E-state index contributed by atoms with van der Waals surface area (Å²) in [6.07, 6.45) is -1.75. The molecule has 6 nitrogen and oxygen atoms in total. The molecule has 0 amide bonds. The van der Waals surface area contributed by atoms with Crippen LogP contribution >= 0.6 is 0 Å². The highest BCUT2D eigenvalue weighted by atomic mass is 16.6. The lowest BCUT2D eigenvalue weighted by molar-refractivity contribution is -0.163. The predicted molar refractivity (Wildman–Crippen MR) is 35.2 cm³/mol. The van der Waals surface area contributed by atoms with E-state index in [1.165, 1.54) is 0 Å². The second kappa shape index (κ2) is 5.25. The zero-order valence-corrected chi connectivity index (χ0v) is 6.35. The van der Waals surface area contributed by atoms with Gasteiger partial charge in [0.25, 0.3) is 0 Å². The molecule has 0 aliphatic rings. The number of carboxylic acid groups (broad SMARTS) is 1. The minimum Gasteiger partial charge on any atom is -0.481 e. The molecule has 0 bridgehead atoms. The van der Waals surface area contributed by atoms with Gasteiger partial charge >= 0.3 is 18.4 Å². The van der Waals surface area contributed by atoms with E-state index in [0.29, 0.717) is 0 Å². The summed E-state index contributed by atoms with van der Waals surface area (Å²) in [7, 11) is 1.15. The Balaban J connectivity index is 4.04. The normalized spacial score (nSPS) is 11.8. The molecule has 0 heterocycles. The molecule has 0 saturated carbocycles. The summed E-state index contributed by atoms with van der Waals surface area (Å²) in [5.74, 6) is -2.21. The van der Waals surface area contributed by atoms with Crippen LogP contribution in [0.3, 0.4) is 0 Å². The number of rotatable bonds is 5. The fraction of sp³-hybridized carbons (Fsp3) is 0.500. The first-order valence-electron chi connectivity index (χ1n) is 3.00. The maximum absolute atomic E-state index is 10.7. The Bertz CT molecular complexity index is 186. The highest BCUT2D eigenvalue weighted by Crippen LogP contribution is 1.99. The Hall–Kier alpha value is -1.43. The van der Waals surface area contributed by atoms with E-state index in [-0.39, 0.29) is 6.47 Å². The quantitative estimate of drug-likeness (QED) is 0.334. The molecule has 0 aliphatic carbocycles. The molecule has 1 unspecified atom stereocenters. The minimum absolute atomic E-state index is 0.0732. The van der Waals surface area contributed by atoms with Crippen LogP contribution in [0.2, 0.25) is 0 Å². The molecule has 0 aromatic carbocycles. The highest BCUT2D eigenvalue weighted by Gasteiger charge is 2.22. The topological polar surface area (TPSA) is 89.9 Å². The van der Waals surface area contributed by atoms with Gasteiger partial charge in [0.1, 0.15) is 0 Å². The van der Waals surface area contributed by atoms with Crippen LogP contribution in [-0.4, -0.2) is 36.7 Å². The number of methoxy groups -OCH3 is 1. The molecule has 0 radical (unpaired) electrons. The summed E-state index contributed by atoms with van der Waals surface area (Å²) in [6, 6.07) is 0. The molecular weight excluding hydrogens is 168 g/mol. The Morgan fingerprint density at radius 1 is 1.58 bits per heavy atom. The van der Waals surface area contributed by atoms with Gasteiger partial charge in [0.05, 0.1) is 6.42 Å².